The first-order valence-electron chi connectivity index (χ1n) is 7.51. The lowest BCUT2D eigenvalue weighted by molar-refractivity contribution is -0.141. The summed E-state index contributed by atoms with van der Waals surface area (Å²) in [6.45, 7) is 1.00. The summed E-state index contributed by atoms with van der Waals surface area (Å²) in [6, 6.07) is 0. The molecule has 20 heavy (non-hydrogen) atoms. The van der Waals surface area contributed by atoms with Crippen LogP contribution in [-0.4, -0.2) is 34.0 Å². The third kappa shape index (κ3) is 3.03. The topological polar surface area (TPSA) is 64.2 Å². The maximum Gasteiger partial charge on any atom is 0.230 e. The Balaban J connectivity index is 2.09. The Labute approximate surface area is 121 Å². The van der Waals surface area contributed by atoms with Gasteiger partial charge in [0.15, 0.2) is 0 Å². The molecule has 1 fully saturated rings. The van der Waals surface area contributed by atoms with Gasteiger partial charge in [0.05, 0.1) is 12.0 Å². The molecule has 2 rings (SSSR count). The Hall–Kier alpha value is -1.36. The van der Waals surface area contributed by atoms with E-state index in [0.717, 1.165) is 31.5 Å². The molecular weight excluding hydrogens is 252 g/mol. The van der Waals surface area contributed by atoms with Crippen LogP contribution in [0.1, 0.15) is 44.3 Å². The second-order valence-corrected chi connectivity index (χ2v) is 6.01. The van der Waals surface area contributed by atoms with Crippen LogP contribution in [0, 0.1) is 5.41 Å². The molecule has 5 heteroatoms. The molecule has 0 unspecified atom stereocenters. The van der Waals surface area contributed by atoms with Crippen molar-refractivity contribution in [1.82, 2.24) is 14.5 Å². The molecule has 1 aromatic heterocycles. The molecule has 112 valence electrons. The standard InChI is InChI=1S/C15H26N4O/c1-18-10-9-17-13(18)11-19(2)14(20)15(12-16)7-5-3-4-6-8-15/h9-10H,3-8,11-12,16H2,1-2H3. The SMILES string of the molecule is CN(Cc1nccn1C)C(=O)C1(CN)CCCCCC1. The quantitative estimate of drug-likeness (QED) is 0.852. The van der Waals surface area contributed by atoms with Gasteiger partial charge in [-0.15, -0.1) is 0 Å². The highest BCUT2D eigenvalue weighted by molar-refractivity contribution is 5.82. The van der Waals surface area contributed by atoms with Crippen molar-refractivity contribution in [2.75, 3.05) is 13.6 Å². The number of nitrogens with zero attached hydrogens (tertiary/aromatic N) is 3. The predicted octanol–water partition coefficient (Wildman–Crippen LogP) is 1.68. The number of aromatic nitrogens is 2. The van der Waals surface area contributed by atoms with Gasteiger partial charge in [0.1, 0.15) is 5.82 Å². The summed E-state index contributed by atoms with van der Waals surface area (Å²) in [5.41, 5.74) is 5.63. The van der Waals surface area contributed by atoms with E-state index >= 15 is 0 Å². The van der Waals surface area contributed by atoms with Crippen LogP contribution < -0.4 is 5.73 Å². The van der Waals surface area contributed by atoms with Crippen molar-refractivity contribution in [3.63, 3.8) is 0 Å². The zero-order valence-electron chi connectivity index (χ0n) is 12.6. The van der Waals surface area contributed by atoms with E-state index < -0.39 is 0 Å². The van der Waals surface area contributed by atoms with Crippen LogP contribution in [0.5, 0.6) is 0 Å². The van der Waals surface area contributed by atoms with Crippen molar-refractivity contribution in [2.24, 2.45) is 18.2 Å². The number of carbonyl (C=O) groups excluding carboxylic acids is 1. The molecule has 1 amide bonds. The average Bonchev–Trinajstić information content (AvgIpc) is 2.72. The van der Waals surface area contributed by atoms with Crippen molar-refractivity contribution in [3.8, 4) is 0 Å². The van der Waals surface area contributed by atoms with Crippen LogP contribution in [0.2, 0.25) is 0 Å². The number of amides is 1. The van der Waals surface area contributed by atoms with Gasteiger partial charge in [-0.05, 0) is 12.8 Å². The number of hydrogen-bond donors (Lipinski definition) is 1. The second-order valence-electron chi connectivity index (χ2n) is 6.01. The average molecular weight is 278 g/mol. The molecule has 1 saturated carbocycles. The zero-order valence-corrected chi connectivity index (χ0v) is 12.6. The first kappa shape index (κ1) is 15.0. The molecule has 0 radical (unpaired) electrons. The maximum atomic E-state index is 12.9. The van der Waals surface area contributed by atoms with Gasteiger partial charge >= 0.3 is 0 Å². The van der Waals surface area contributed by atoms with Gasteiger partial charge in [0, 0.05) is 33.0 Å². The second kappa shape index (κ2) is 6.39. The van der Waals surface area contributed by atoms with Crippen molar-refractivity contribution >= 4 is 5.91 Å². The van der Waals surface area contributed by atoms with E-state index in [1.165, 1.54) is 12.8 Å². The van der Waals surface area contributed by atoms with E-state index in [-0.39, 0.29) is 11.3 Å². The van der Waals surface area contributed by atoms with E-state index in [1.807, 2.05) is 24.9 Å². The highest BCUT2D eigenvalue weighted by Crippen LogP contribution is 2.36. The van der Waals surface area contributed by atoms with Crippen LogP contribution in [0.25, 0.3) is 0 Å². The summed E-state index contributed by atoms with van der Waals surface area (Å²) in [5, 5.41) is 0. The Bertz CT molecular complexity index is 446. The largest absolute Gasteiger partial charge is 0.338 e. The molecule has 0 aromatic carbocycles. The third-order valence-electron chi connectivity index (χ3n) is 4.55. The van der Waals surface area contributed by atoms with E-state index in [1.54, 1.807) is 11.1 Å². The van der Waals surface area contributed by atoms with Gasteiger partial charge in [-0.2, -0.15) is 0 Å². The number of aryl methyl sites for hydroxylation is 1. The normalized spacial score (nSPS) is 18.6. The van der Waals surface area contributed by atoms with Crippen molar-refractivity contribution in [3.05, 3.63) is 18.2 Å². The van der Waals surface area contributed by atoms with E-state index in [9.17, 15) is 4.79 Å². The monoisotopic (exact) mass is 278 g/mol. The summed E-state index contributed by atoms with van der Waals surface area (Å²) >= 11 is 0. The minimum Gasteiger partial charge on any atom is -0.338 e. The molecule has 2 N–H and O–H groups in total. The Morgan fingerprint density at radius 3 is 2.55 bits per heavy atom. The molecule has 0 atom stereocenters. The van der Waals surface area contributed by atoms with Crippen LogP contribution in [0.3, 0.4) is 0 Å². The van der Waals surface area contributed by atoms with E-state index in [2.05, 4.69) is 4.98 Å². The Kier molecular flexibility index (Phi) is 4.81. The van der Waals surface area contributed by atoms with Gasteiger partial charge in [-0.1, -0.05) is 25.7 Å². The van der Waals surface area contributed by atoms with Crippen molar-refractivity contribution in [1.29, 1.82) is 0 Å². The highest BCUT2D eigenvalue weighted by Gasteiger charge is 2.39. The lowest BCUT2D eigenvalue weighted by Gasteiger charge is -2.34. The zero-order chi connectivity index (χ0) is 14.6. The highest BCUT2D eigenvalue weighted by atomic mass is 16.2. The van der Waals surface area contributed by atoms with Crippen LogP contribution in [0.15, 0.2) is 12.4 Å². The number of rotatable bonds is 4. The van der Waals surface area contributed by atoms with Gasteiger partial charge in [-0.25, -0.2) is 4.98 Å². The molecule has 0 saturated heterocycles. The first-order valence-corrected chi connectivity index (χ1v) is 7.51. The Morgan fingerprint density at radius 1 is 1.40 bits per heavy atom. The molecule has 1 aliphatic rings. The minimum absolute atomic E-state index is 0.185. The molecule has 0 aliphatic heterocycles. The molecular formula is C15H26N4O. The third-order valence-corrected chi connectivity index (χ3v) is 4.55. The molecule has 0 spiro atoms. The molecule has 1 heterocycles. The van der Waals surface area contributed by atoms with Crippen LogP contribution >= 0.6 is 0 Å². The van der Waals surface area contributed by atoms with Crippen LogP contribution in [0.4, 0.5) is 0 Å². The van der Waals surface area contributed by atoms with E-state index in [4.69, 9.17) is 5.73 Å². The summed E-state index contributed by atoms with van der Waals surface area (Å²) in [6.07, 6.45) is 10.2. The van der Waals surface area contributed by atoms with Gasteiger partial charge in [0.25, 0.3) is 0 Å². The summed E-state index contributed by atoms with van der Waals surface area (Å²) in [5.74, 6) is 1.09. The Morgan fingerprint density at radius 2 is 2.05 bits per heavy atom. The molecule has 1 aromatic rings. The maximum absolute atomic E-state index is 12.9. The number of imidazole rings is 1. The first-order chi connectivity index (χ1) is 9.59. The fourth-order valence-corrected chi connectivity index (χ4v) is 3.15. The van der Waals surface area contributed by atoms with Gasteiger partial charge < -0.3 is 15.2 Å². The number of carbonyl (C=O) groups is 1. The molecule has 1 aliphatic carbocycles. The smallest absolute Gasteiger partial charge is 0.230 e. The lowest BCUT2D eigenvalue weighted by atomic mass is 9.79. The fourth-order valence-electron chi connectivity index (χ4n) is 3.15. The number of nitrogens with two attached hydrogens (primary N) is 1. The molecule has 0 bridgehead atoms. The summed E-state index contributed by atoms with van der Waals surface area (Å²) < 4.78 is 1.95. The molecule has 5 nitrogen and oxygen atoms in total. The van der Waals surface area contributed by atoms with E-state index in [0.29, 0.717) is 13.1 Å². The lowest BCUT2D eigenvalue weighted by Crippen LogP contribution is -2.46. The summed E-state index contributed by atoms with van der Waals surface area (Å²) in [7, 11) is 3.81. The van der Waals surface area contributed by atoms with Crippen molar-refractivity contribution in [2.45, 2.75) is 45.1 Å². The van der Waals surface area contributed by atoms with Gasteiger partial charge in [0.2, 0.25) is 5.91 Å². The van der Waals surface area contributed by atoms with Crippen molar-refractivity contribution < 1.29 is 4.79 Å². The fraction of sp³-hybridized carbons (Fsp3) is 0.733. The number of hydrogen-bond acceptors (Lipinski definition) is 3. The van der Waals surface area contributed by atoms with Crippen LogP contribution in [-0.2, 0) is 18.4 Å². The minimum atomic E-state index is -0.351. The van der Waals surface area contributed by atoms with Gasteiger partial charge in [-0.3, -0.25) is 4.79 Å². The summed E-state index contributed by atoms with van der Waals surface area (Å²) in [4.78, 5) is 18.9. The predicted molar refractivity (Wildman–Crippen MR) is 78.9 cm³/mol.